The second kappa shape index (κ2) is 7.37. The second-order valence-corrected chi connectivity index (χ2v) is 7.69. The number of nitrogens with zero attached hydrogens (tertiary/aromatic N) is 1. The molecule has 0 bridgehead atoms. The minimum atomic E-state index is -1.38. The molecule has 2 aliphatic rings. The average molecular weight is 409 g/mol. The number of rotatable bonds is 6. The van der Waals surface area contributed by atoms with E-state index in [2.05, 4.69) is 10.6 Å². The Morgan fingerprint density at radius 2 is 1.77 bits per heavy atom. The van der Waals surface area contributed by atoms with Gasteiger partial charge < -0.3 is 19.7 Å². The van der Waals surface area contributed by atoms with Gasteiger partial charge in [-0.25, -0.2) is 4.79 Å². The number of carbonyl (C=O) groups excluding carboxylic acids is 3. The van der Waals surface area contributed by atoms with Crippen molar-refractivity contribution < 1.29 is 23.9 Å². The van der Waals surface area contributed by atoms with Crippen molar-refractivity contribution in [1.82, 2.24) is 15.5 Å². The molecule has 8 heteroatoms. The van der Waals surface area contributed by atoms with E-state index in [1.807, 2.05) is 19.9 Å². The third-order valence-electron chi connectivity index (χ3n) is 5.28. The second-order valence-electron chi connectivity index (χ2n) is 7.69. The van der Waals surface area contributed by atoms with Gasteiger partial charge in [0.1, 0.15) is 11.5 Å². The van der Waals surface area contributed by atoms with E-state index in [9.17, 15) is 14.4 Å². The summed E-state index contributed by atoms with van der Waals surface area (Å²) in [6, 6.07) is 11.7. The van der Waals surface area contributed by atoms with Crippen LogP contribution < -0.4 is 20.1 Å². The third kappa shape index (κ3) is 3.34. The lowest BCUT2D eigenvalue weighted by atomic mass is 9.89. The quantitative estimate of drug-likeness (QED) is 0.713. The van der Waals surface area contributed by atoms with E-state index in [0.717, 1.165) is 5.56 Å². The number of ether oxygens (including phenoxy) is 2. The first-order valence-corrected chi connectivity index (χ1v) is 9.69. The number of nitrogens with one attached hydrogen (secondary N) is 2. The molecule has 2 aromatic rings. The molecule has 156 valence electrons. The van der Waals surface area contributed by atoms with Crippen LogP contribution >= 0.6 is 0 Å². The first-order valence-electron chi connectivity index (χ1n) is 9.69. The van der Waals surface area contributed by atoms with Crippen molar-refractivity contribution in [3.8, 4) is 11.5 Å². The van der Waals surface area contributed by atoms with Crippen molar-refractivity contribution >= 4 is 17.8 Å². The number of fused-ring (bicyclic) bond motifs is 1. The van der Waals surface area contributed by atoms with Gasteiger partial charge in [-0.3, -0.25) is 14.9 Å². The fourth-order valence-electron chi connectivity index (χ4n) is 3.87. The zero-order valence-corrected chi connectivity index (χ0v) is 17.0. The number of carbonyl (C=O) groups is 3. The van der Waals surface area contributed by atoms with Crippen LogP contribution in [-0.4, -0.2) is 42.5 Å². The van der Waals surface area contributed by atoms with Gasteiger partial charge in [-0.05, 0) is 49.2 Å². The minimum absolute atomic E-state index is 0.00475. The number of urea groups is 1. The Morgan fingerprint density at radius 1 is 1.07 bits per heavy atom. The van der Waals surface area contributed by atoms with Crippen molar-refractivity contribution in [2.75, 3.05) is 13.7 Å². The molecule has 0 aliphatic carbocycles. The van der Waals surface area contributed by atoms with Gasteiger partial charge in [0, 0.05) is 12.1 Å². The van der Waals surface area contributed by atoms with Crippen LogP contribution in [0.2, 0.25) is 0 Å². The molecule has 2 aromatic carbocycles. The molecule has 1 fully saturated rings. The van der Waals surface area contributed by atoms with E-state index in [0.29, 0.717) is 29.2 Å². The molecule has 30 heavy (non-hydrogen) atoms. The first kappa shape index (κ1) is 19.8. The lowest BCUT2D eigenvalue weighted by molar-refractivity contribution is -0.124. The molecule has 2 aliphatic heterocycles. The minimum Gasteiger partial charge on any atom is -0.497 e. The summed E-state index contributed by atoms with van der Waals surface area (Å²) >= 11 is 0. The average Bonchev–Trinajstić information content (AvgIpc) is 3.17. The third-order valence-corrected chi connectivity index (χ3v) is 5.28. The summed E-state index contributed by atoms with van der Waals surface area (Å²) in [6.45, 7) is 4.19. The van der Waals surface area contributed by atoms with Gasteiger partial charge in [0.15, 0.2) is 5.54 Å². The van der Waals surface area contributed by atoms with E-state index in [1.54, 1.807) is 48.4 Å². The summed E-state index contributed by atoms with van der Waals surface area (Å²) < 4.78 is 10.9. The Hall–Kier alpha value is -3.55. The monoisotopic (exact) mass is 409 g/mol. The summed E-state index contributed by atoms with van der Waals surface area (Å²) in [5.41, 5.74) is 0.578. The molecular formula is C22H23N3O5. The first-order chi connectivity index (χ1) is 14.3. The lowest BCUT2D eigenvalue weighted by Crippen LogP contribution is -2.52. The molecule has 0 saturated carbocycles. The number of benzene rings is 2. The summed E-state index contributed by atoms with van der Waals surface area (Å²) in [5.74, 6) is 0.542. The van der Waals surface area contributed by atoms with Crippen LogP contribution in [0.5, 0.6) is 11.5 Å². The van der Waals surface area contributed by atoms with Gasteiger partial charge in [0.05, 0.1) is 19.8 Å². The Morgan fingerprint density at radius 3 is 2.37 bits per heavy atom. The van der Waals surface area contributed by atoms with Crippen LogP contribution in [0.1, 0.15) is 35.3 Å². The van der Waals surface area contributed by atoms with Crippen LogP contribution in [0, 0.1) is 0 Å². The van der Waals surface area contributed by atoms with Crippen LogP contribution in [0.4, 0.5) is 4.79 Å². The number of hydrogen-bond donors (Lipinski definition) is 2. The molecule has 1 saturated heterocycles. The maximum Gasteiger partial charge on any atom is 0.322 e. The maximum atomic E-state index is 13.0. The van der Waals surface area contributed by atoms with Gasteiger partial charge in [0.2, 0.25) is 0 Å². The topological polar surface area (TPSA) is 97.0 Å². The molecule has 8 nitrogen and oxygen atoms in total. The standard InChI is InChI=1S/C22H23N3O5/c1-13(2)30-16-8-5-15(6-9-16)22(20(27)23-21(28)24-22)12-25-11-14-4-7-17(29-3)10-18(14)19(25)26/h4-10,13H,11-12H2,1-3H3,(H2,23,24,27,28). The normalized spacial score (nSPS) is 20.3. The van der Waals surface area contributed by atoms with Gasteiger partial charge in [0.25, 0.3) is 11.8 Å². The molecule has 2 heterocycles. The van der Waals surface area contributed by atoms with Gasteiger partial charge >= 0.3 is 6.03 Å². The van der Waals surface area contributed by atoms with Crippen LogP contribution in [0.25, 0.3) is 0 Å². The van der Waals surface area contributed by atoms with Crippen LogP contribution in [0.3, 0.4) is 0 Å². The predicted octanol–water partition coefficient (Wildman–Crippen LogP) is 2.17. The number of amides is 4. The summed E-state index contributed by atoms with van der Waals surface area (Å²) in [6.07, 6.45) is 0.0111. The number of methoxy groups -OCH3 is 1. The summed E-state index contributed by atoms with van der Waals surface area (Å²) in [7, 11) is 1.54. The fourth-order valence-corrected chi connectivity index (χ4v) is 3.87. The van der Waals surface area contributed by atoms with Gasteiger partial charge in [-0.15, -0.1) is 0 Å². The van der Waals surface area contributed by atoms with Crippen molar-refractivity contribution in [3.05, 3.63) is 59.2 Å². The van der Waals surface area contributed by atoms with E-state index < -0.39 is 17.5 Å². The van der Waals surface area contributed by atoms with Crippen LogP contribution in [0.15, 0.2) is 42.5 Å². The summed E-state index contributed by atoms with van der Waals surface area (Å²) in [4.78, 5) is 39.4. The molecule has 0 aromatic heterocycles. The molecule has 1 unspecified atom stereocenters. The highest BCUT2D eigenvalue weighted by Gasteiger charge is 2.50. The number of hydrogen-bond acceptors (Lipinski definition) is 5. The highest BCUT2D eigenvalue weighted by molar-refractivity contribution is 6.08. The zero-order chi connectivity index (χ0) is 21.5. The SMILES string of the molecule is COc1ccc2c(c1)C(=O)N(CC1(c3ccc(OC(C)C)cc3)NC(=O)NC1=O)C2. The lowest BCUT2D eigenvalue weighted by Gasteiger charge is -2.31. The molecule has 1 atom stereocenters. The molecule has 0 spiro atoms. The van der Waals surface area contributed by atoms with Crippen molar-refractivity contribution in [3.63, 3.8) is 0 Å². The molecular weight excluding hydrogens is 386 g/mol. The molecule has 4 rings (SSSR count). The molecule has 4 amide bonds. The Balaban J connectivity index is 1.65. The van der Waals surface area contributed by atoms with Crippen molar-refractivity contribution in [2.24, 2.45) is 0 Å². The van der Waals surface area contributed by atoms with E-state index >= 15 is 0 Å². The highest BCUT2D eigenvalue weighted by Crippen LogP contribution is 2.33. The smallest absolute Gasteiger partial charge is 0.322 e. The number of imide groups is 1. The van der Waals surface area contributed by atoms with E-state index in [1.165, 1.54) is 0 Å². The van der Waals surface area contributed by atoms with Crippen molar-refractivity contribution in [1.29, 1.82) is 0 Å². The van der Waals surface area contributed by atoms with Gasteiger partial charge in [-0.1, -0.05) is 18.2 Å². The van der Waals surface area contributed by atoms with Crippen LogP contribution in [-0.2, 0) is 16.9 Å². The molecule has 2 N–H and O–H groups in total. The Bertz CT molecular complexity index is 1020. The van der Waals surface area contributed by atoms with Crippen molar-refractivity contribution in [2.45, 2.75) is 32.0 Å². The fraction of sp³-hybridized carbons (Fsp3) is 0.318. The highest BCUT2D eigenvalue weighted by atomic mass is 16.5. The largest absolute Gasteiger partial charge is 0.497 e. The zero-order valence-electron chi connectivity index (χ0n) is 17.0. The predicted molar refractivity (Wildman–Crippen MR) is 108 cm³/mol. The maximum absolute atomic E-state index is 13.0. The Kier molecular flexibility index (Phi) is 4.85. The summed E-state index contributed by atoms with van der Waals surface area (Å²) in [5, 5.41) is 5.03. The Labute approximate surface area is 174 Å². The molecule has 0 radical (unpaired) electrons. The van der Waals surface area contributed by atoms with E-state index in [-0.39, 0.29) is 18.6 Å². The van der Waals surface area contributed by atoms with Gasteiger partial charge in [-0.2, -0.15) is 0 Å². The van der Waals surface area contributed by atoms with E-state index in [4.69, 9.17) is 9.47 Å².